The third-order valence-electron chi connectivity index (χ3n) is 18.5. The van der Waals surface area contributed by atoms with Crippen LogP contribution >= 0.6 is 0 Å². The van der Waals surface area contributed by atoms with Gasteiger partial charge in [-0.25, -0.2) is 0 Å². The second-order valence-electron chi connectivity index (χ2n) is 29.1. The summed E-state index contributed by atoms with van der Waals surface area (Å²) in [6.07, 6.45) is 95.4. The number of rotatable bonds is 77. The van der Waals surface area contributed by atoms with E-state index in [0.717, 1.165) is 51.4 Å². The first-order chi connectivity index (χ1) is 45.6. The van der Waals surface area contributed by atoms with Gasteiger partial charge in [0.25, 0.3) is 0 Å². The number of carboxylic acids is 1. The Morgan fingerprint density at radius 1 is 0.323 bits per heavy atom. The van der Waals surface area contributed by atoms with E-state index in [1.807, 2.05) is 21.1 Å². The Bertz CT molecular complexity index is 1670. The minimum absolute atomic E-state index is 0.149. The summed E-state index contributed by atoms with van der Waals surface area (Å²) < 4.78 is 22.9. The number of hydrogen-bond donors (Lipinski definition) is 0. The number of carboxylic acid groups (broad SMARTS) is 1. The number of esters is 2. The summed E-state index contributed by atoms with van der Waals surface area (Å²) in [5.74, 6) is -2.26. The van der Waals surface area contributed by atoms with E-state index < -0.39 is 24.3 Å². The highest BCUT2D eigenvalue weighted by Crippen LogP contribution is 2.20. The van der Waals surface area contributed by atoms with Gasteiger partial charge in [0.1, 0.15) is 13.2 Å². The summed E-state index contributed by atoms with van der Waals surface area (Å²) in [6, 6.07) is 0. The lowest BCUT2D eigenvalue weighted by molar-refractivity contribution is -0.870. The molecule has 0 aliphatic carbocycles. The van der Waals surface area contributed by atoms with Gasteiger partial charge in [0.2, 0.25) is 0 Å². The van der Waals surface area contributed by atoms with Crippen molar-refractivity contribution in [2.75, 3.05) is 47.5 Å². The lowest BCUT2D eigenvalue weighted by atomic mass is 10.0. The predicted molar refractivity (Wildman–Crippen MR) is 399 cm³/mol. The maximum absolute atomic E-state index is 13.0. The number of allylic oxidation sites excluding steroid dienone is 8. The monoisotopic (exact) mass is 1310 g/mol. The highest BCUT2D eigenvalue weighted by molar-refractivity contribution is 5.70. The van der Waals surface area contributed by atoms with Crippen molar-refractivity contribution in [2.24, 2.45) is 0 Å². The molecule has 0 radical (unpaired) electrons. The molecule has 9 nitrogen and oxygen atoms in total. The molecular weight excluding hydrogens is 1150 g/mol. The number of ether oxygens (including phenoxy) is 4. The zero-order valence-electron chi connectivity index (χ0n) is 62.7. The third kappa shape index (κ3) is 76.5. The second kappa shape index (κ2) is 75.0. The minimum Gasteiger partial charge on any atom is -0.545 e. The summed E-state index contributed by atoms with van der Waals surface area (Å²) in [5, 5.41) is 11.9. The van der Waals surface area contributed by atoms with Gasteiger partial charge in [0, 0.05) is 12.8 Å². The molecule has 0 heterocycles. The SMILES string of the molecule is CCCCCCC/C=C\C/C=C\C/C=C\CCCCCCCCCCCCCCC(=O)OC(COC(=O)CCCCCCCCCCCCCCCCCCCCCCCCCCCCCCC/C=C\CCCCCCCCCC)COC(OCC[N+](C)(C)C)C(=O)[O-]. The van der Waals surface area contributed by atoms with Gasteiger partial charge in [-0.1, -0.05) is 371 Å². The number of likely N-dealkylation sites (N-methyl/N-ethyl adjacent to an activating group) is 1. The van der Waals surface area contributed by atoms with Gasteiger partial charge in [-0.05, 0) is 77.0 Å². The van der Waals surface area contributed by atoms with Gasteiger partial charge in [-0.3, -0.25) is 9.59 Å². The Morgan fingerprint density at radius 2 is 0.581 bits per heavy atom. The summed E-state index contributed by atoms with van der Waals surface area (Å²) in [4.78, 5) is 37.6. The Hall–Kier alpha value is -2.75. The zero-order chi connectivity index (χ0) is 67.5. The number of carbonyl (C=O) groups excluding carboxylic acids is 3. The van der Waals surface area contributed by atoms with E-state index in [0.29, 0.717) is 23.9 Å². The number of unbranched alkanes of at least 4 members (excludes halogenated alkanes) is 54. The van der Waals surface area contributed by atoms with Gasteiger partial charge in [-0.2, -0.15) is 0 Å². The molecule has 546 valence electrons. The fourth-order valence-electron chi connectivity index (χ4n) is 12.3. The summed E-state index contributed by atoms with van der Waals surface area (Å²) in [5.41, 5.74) is 0. The fourth-order valence-corrected chi connectivity index (χ4v) is 12.3. The first-order valence-electron chi connectivity index (χ1n) is 40.8. The normalized spacial score (nSPS) is 12.8. The number of carbonyl (C=O) groups is 3. The molecule has 0 aliphatic rings. The topological polar surface area (TPSA) is 111 Å². The average Bonchev–Trinajstić information content (AvgIpc) is 3.38. The van der Waals surface area contributed by atoms with Crippen molar-refractivity contribution in [1.29, 1.82) is 0 Å². The second-order valence-corrected chi connectivity index (χ2v) is 29.1. The van der Waals surface area contributed by atoms with E-state index in [4.69, 9.17) is 18.9 Å². The molecule has 93 heavy (non-hydrogen) atoms. The predicted octanol–water partition coefficient (Wildman–Crippen LogP) is 24.7. The highest BCUT2D eigenvalue weighted by atomic mass is 16.7. The molecule has 0 saturated heterocycles. The molecule has 0 aromatic heterocycles. The Morgan fingerprint density at radius 3 is 0.871 bits per heavy atom. The Balaban J connectivity index is 3.93. The fraction of sp³-hybridized carbons (Fsp3) is 0.869. The summed E-state index contributed by atoms with van der Waals surface area (Å²) in [6.45, 7) is 4.80. The number of quaternary nitrogens is 1. The minimum atomic E-state index is -1.62. The molecule has 2 unspecified atom stereocenters. The van der Waals surface area contributed by atoms with E-state index >= 15 is 0 Å². The van der Waals surface area contributed by atoms with E-state index in [-0.39, 0.29) is 32.2 Å². The molecule has 0 rings (SSSR count). The molecule has 0 fully saturated rings. The van der Waals surface area contributed by atoms with Crippen molar-refractivity contribution in [3.8, 4) is 0 Å². The summed E-state index contributed by atoms with van der Waals surface area (Å²) >= 11 is 0. The number of hydrogen-bond acceptors (Lipinski definition) is 8. The van der Waals surface area contributed by atoms with Crippen LogP contribution in [0.5, 0.6) is 0 Å². The standard InChI is InChI=1S/C84H157NO8/c1-6-8-10-12-14-16-18-20-22-24-26-28-30-32-34-35-36-37-38-39-40-41-42-43-44-45-46-47-49-50-52-54-56-58-60-62-64-66-68-70-72-74-81(86)91-78-80(79-92-84(83(88)89)90-77-76-85(3,4)5)93-82(87)75-73-71-69-67-65-63-61-59-57-55-53-51-48-33-31-29-27-25-23-21-19-17-15-13-11-9-7-2/h19,21,24-27,31,33,80,84H,6-18,20,22-23,28-30,32,34-79H2,1-5H3/b21-19-,26-24-,27-25-,33-31-. The lowest BCUT2D eigenvalue weighted by Crippen LogP contribution is -2.44. The number of nitrogens with zero attached hydrogens (tertiary/aromatic N) is 1. The molecule has 0 saturated carbocycles. The van der Waals surface area contributed by atoms with Crippen molar-refractivity contribution in [1.82, 2.24) is 0 Å². The first-order valence-corrected chi connectivity index (χ1v) is 40.8. The van der Waals surface area contributed by atoms with Crippen molar-refractivity contribution >= 4 is 17.9 Å². The van der Waals surface area contributed by atoms with E-state index in [1.165, 1.54) is 327 Å². The van der Waals surface area contributed by atoms with Crippen molar-refractivity contribution < 1.29 is 42.9 Å². The highest BCUT2D eigenvalue weighted by Gasteiger charge is 2.22. The molecule has 0 spiro atoms. The molecule has 0 N–H and O–H groups in total. The third-order valence-corrected chi connectivity index (χ3v) is 18.5. The van der Waals surface area contributed by atoms with Gasteiger partial charge in [0.05, 0.1) is 40.3 Å². The van der Waals surface area contributed by atoms with Crippen molar-refractivity contribution in [3.63, 3.8) is 0 Å². The van der Waals surface area contributed by atoms with Crippen molar-refractivity contribution in [2.45, 2.75) is 424 Å². The van der Waals surface area contributed by atoms with Gasteiger partial charge in [0.15, 0.2) is 12.4 Å². The largest absolute Gasteiger partial charge is 0.545 e. The Labute approximate surface area is 578 Å². The number of aliphatic carboxylic acids is 1. The lowest BCUT2D eigenvalue weighted by Gasteiger charge is -2.26. The molecular formula is C84H157NO8. The van der Waals surface area contributed by atoms with Crippen LogP contribution in [0.2, 0.25) is 0 Å². The van der Waals surface area contributed by atoms with Crippen LogP contribution in [0.25, 0.3) is 0 Å². The molecule has 0 aliphatic heterocycles. The maximum Gasteiger partial charge on any atom is 0.306 e. The Kier molecular flexibility index (Phi) is 72.8. The van der Waals surface area contributed by atoms with Crippen LogP contribution < -0.4 is 5.11 Å². The van der Waals surface area contributed by atoms with E-state index in [9.17, 15) is 19.5 Å². The van der Waals surface area contributed by atoms with Gasteiger partial charge in [-0.15, -0.1) is 0 Å². The van der Waals surface area contributed by atoms with Crippen LogP contribution in [-0.4, -0.2) is 82.3 Å². The molecule has 0 aromatic rings. The smallest absolute Gasteiger partial charge is 0.306 e. The van der Waals surface area contributed by atoms with Gasteiger partial charge < -0.3 is 33.3 Å². The molecule has 0 amide bonds. The van der Waals surface area contributed by atoms with Gasteiger partial charge >= 0.3 is 11.9 Å². The maximum atomic E-state index is 13.0. The quantitative estimate of drug-likeness (QED) is 0.0195. The van der Waals surface area contributed by atoms with Crippen LogP contribution in [0.15, 0.2) is 48.6 Å². The molecule has 9 heteroatoms. The van der Waals surface area contributed by atoms with Crippen LogP contribution in [0.4, 0.5) is 0 Å². The van der Waals surface area contributed by atoms with E-state index in [1.54, 1.807) is 0 Å². The zero-order valence-corrected chi connectivity index (χ0v) is 62.7. The van der Waals surface area contributed by atoms with Crippen LogP contribution in [0.1, 0.15) is 412 Å². The van der Waals surface area contributed by atoms with E-state index in [2.05, 4.69) is 62.5 Å². The van der Waals surface area contributed by atoms with Crippen LogP contribution in [0, 0.1) is 0 Å². The molecule has 2 atom stereocenters. The van der Waals surface area contributed by atoms with Crippen molar-refractivity contribution in [3.05, 3.63) is 48.6 Å². The van der Waals surface area contributed by atoms with Crippen LogP contribution in [0.3, 0.4) is 0 Å². The van der Waals surface area contributed by atoms with Crippen LogP contribution in [-0.2, 0) is 33.3 Å². The average molecular weight is 1310 g/mol. The first kappa shape index (κ1) is 90.2. The molecule has 0 aromatic carbocycles. The summed E-state index contributed by atoms with van der Waals surface area (Å²) in [7, 11) is 5.95. The molecule has 0 bridgehead atoms.